The first-order valence-electron chi connectivity index (χ1n) is 6.20. The lowest BCUT2D eigenvalue weighted by atomic mass is 10.1. The Morgan fingerprint density at radius 3 is 2.53 bits per heavy atom. The van der Waals surface area contributed by atoms with Crippen LogP contribution in [0, 0.1) is 0 Å². The van der Waals surface area contributed by atoms with Gasteiger partial charge >= 0.3 is 0 Å². The van der Waals surface area contributed by atoms with Crippen molar-refractivity contribution in [1.29, 1.82) is 0 Å². The summed E-state index contributed by atoms with van der Waals surface area (Å²) in [6.07, 6.45) is 2.49. The van der Waals surface area contributed by atoms with Crippen LogP contribution in [0.25, 0.3) is 0 Å². The van der Waals surface area contributed by atoms with Crippen molar-refractivity contribution in [2.75, 3.05) is 18.5 Å². The number of aromatic nitrogens is 1. The van der Waals surface area contributed by atoms with Crippen molar-refractivity contribution >= 4 is 11.7 Å². The monoisotopic (exact) mass is 255 g/mol. The van der Waals surface area contributed by atoms with E-state index in [1.165, 1.54) is 4.90 Å². The molecule has 1 aromatic heterocycles. The molecule has 19 heavy (non-hydrogen) atoms. The second kappa shape index (κ2) is 6.11. The average molecular weight is 255 g/mol. The summed E-state index contributed by atoms with van der Waals surface area (Å²) in [6, 6.07) is 13.0. The van der Waals surface area contributed by atoms with Crippen LogP contribution in [0.3, 0.4) is 0 Å². The summed E-state index contributed by atoms with van der Waals surface area (Å²) in [4.78, 5) is 18.0. The minimum absolute atomic E-state index is 0.0713. The third kappa shape index (κ3) is 3.17. The number of hydrogen-bond acceptors (Lipinski definition) is 3. The molecule has 1 aromatic carbocycles. The third-order valence-electron chi connectivity index (χ3n) is 2.93. The third-order valence-corrected chi connectivity index (χ3v) is 2.93. The van der Waals surface area contributed by atoms with Crippen molar-refractivity contribution < 1.29 is 4.79 Å². The predicted molar refractivity (Wildman–Crippen MR) is 76.2 cm³/mol. The highest BCUT2D eigenvalue weighted by molar-refractivity contribution is 6.05. The molecule has 0 aliphatic rings. The second-order valence-electron chi connectivity index (χ2n) is 4.29. The molecule has 0 aliphatic carbocycles. The van der Waals surface area contributed by atoms with E-state index in [1.54, 1.807) is 19.3 Å². The average Bonchev–Trinajstić information content (AvgIpc) is 2.48. The molecule has 2 N–H and O–H groups in total. The van der Waals surface area contributed by atoms with Crippen LogP contribution in [0.1, 0.15) is 15.9 Å². The molecule has 0 saturated carbocycles. The van der Waals surface area contributed by atoms with E-state index in [0.717, 1.165) is 12.0 Å². The van der Waals surface area contributed by atoms with Gasteiger partial charge in [0.15, 0.2) is 0 Å². The number of benzene rings is 1. The van der Waals surface area contributed by atoms with Crippen molar-refractivity contribution in [2.24, 2.45) is 5.73 Å². The Hall–Kier alpha value is -2.20. The van der Waals surface area contributed by atoms with Gasteiger partial charge in [-0.2, -0.15) is 0 Å². The Bertz CT molecular complexity index is 537. The number of carbonyl (C=O) groups is 1. The Labute approximate surface area is 112 Å². The van der Waals surface area contributed by atoms with Gasteiger partial charge in [-0.25, -0.2) is 4.98 Å². The highest BCUT2D eigenvalue weighted by atomic mass is 16.2. The lowest BCUT2D eigenvalue weighted by Crippen LogP contribution is -2.26. The number of hydrogen-bond donors (Lipinski definition) is 1. The molecule has 2 rings (SSSR count). The van der Waals surface area contributed by atoms with Crippen LogP contribution in [0.15, 0.2) is 48.7 Å². The maximum atomic E-state index is 12.3. The number of rotatable bonds is 4. The minimum atomic E-state index is -0.0713. The number of anilines is 1. The molecule has 0 unspecified atom stereocenters. The molecule has 1 amide bonds. The molecule has 0 aliphatic heterocycles. The molecule has 2 aromatic rings. The van der Waals surface area contributed by atoms with Crippen molar-refractivity contribution in [3.05, 3.63) is 59.8 Å². The van der Waals surface area contributed by atoms with Crippen molar-refractivity contribution in [3.8, 4) is 0 Å². The fraction of sp³-hybridized carbons (Fsp3) is 0.200. The molecule has 4 heteroatoms. The Morgan fingerprint density at radius 1 is 1.21 bits per heavy atom. The summed E-state index contributed by atoms with van der Waals surface area (Å²) in [7, 11) is 1.72. The fourth-order valence-corrected chi connectivity index (χ4v) is 1.83. The van der Waals surface area contributed by atoms with Gasteiger partial charge < -0.3 is 5.73 Å². The molecular weight excluding hydrogens is 238 g/mol. The zero-order valence-electron chi connectivity index (χ0n) is 10.9. The first-order chi connectivity index (χ1) is 9.22. The first kappa shape index (κ1) is 13.2. The number of nitrogens with zero attached hydrogens (tertiary/aromatic N) is 2. The fourth-order valence-electron chi connectivity index (χ4n) is 1.83. The Morgan fingerprint density at radius 2 is 1.95 bits per heavy atom. The van der Waals surface area contributed by atoms with Crippen molar-refractivity contribution in [3.63, 3.8) is 0 Å². The molecule has 4 nitrogen and oxygen atoms in total. The number of carbonyl (C=O) groups excluding carboxylic acids is 1. The molecule has 0 saturated heterocycles. The van der Waals surface area contributed by atoms with Crippen LogP contribution in [0.2, 0.25) is 0 Å². The highest BCUT2D eigenvalue weighted by Crippen LogP contribution is 2.12. The van der Waals surface area contributed by atoms with Gasteiger partial charge in [-0.3, -0.25) is 9.69 Å². The van der Waals surface area contributed by atoms with E-state index in [-0.39, 0.29) is 5.91 Å². The number of pyridine rings is 1. The van der Waals surface area contributed by atoms with E-state index >= 15 is 0 Å². The minimum Gasteiger partial charge on any atom is -0.330 e. The highest BCUT2D eigenvalue weighted by Gasteiger charge is 2.13. The molecule has 0 bridgehead atoms. The summed E-state index contributed by atoms with van der Waals surface area (Å²) in [5, 5.41) is 0. The standard InChI is InChI=1S/C15H17N3O/c1-18(14-4-2-3-11-17-14)15(19)13-7-5-12(6-8-13)9-10-16/h2-8,11H,9-10,16H2,1H3. The predicted octanol–water partition coefficient (Wildman–Crippen LogP) is 1.86. The summed E-state index contributed by atoms with van der Waals surface area (Å²) in [5.41, 5.74) is 7.28. The van der Waals surface area contributed by atoms with E-state index in [9.17, 15) is 4.79 Å². The molecule has 0 atom stereocenters. The smallest absolute Gasteiger partial charge is 0.259 e. The van der Waals surface area contributed by atoms with E-state index in [1.807, 2.05) is 36.4 Å². The Balaban J connectivity index is 2.15. The lowest BCUT2D eigenvalue weighted by molar-refractivity contribution is 0.0992. The summed E-state index contributed by atoms with van der Waals surface area (Å²) in [6.45, 7) is 0.612. The molecule has 0 radical (unpaired) electrons. The Kier molecular flexibility index (Phi) is 4.26. The molecule has 98 valence electrons. The van der Waals surface area contributed by atoms with Gasteiger partial charge in [0.05, 0.1) is 0 Å². The SMILES string of the molecule is CN(C(=O)c1ccc(CCN)cc1)c1ccccn1. The van der Waals surface area contributed by atoms with Crippen LogP contribution < -0.4 is 10.6 Å². The van der Waals surface area contributed by atoms with Gasteiger partial charge in [0.25, 0.3) is 5.91 Å². The van der Waals surface area contributed by atoms with Crippen molar-refractivity contribution in [2.45, 2.75) is 6.42 Å². The summed E-state index contributed by atoms with van der Waals surface area (Å²) in [5.74, 6) is 0.566. The molecule has 0 spiro atoms. The number of amides is 1. The first-order valence-corrected chi connectivity index (χ1v) is 6.20. The van der Waals surface area contributed by atoms with E-state index < -0.39 is 0 Å². The van der Waals surface area contributed by atoms with E-state index in [4.69, 9.17) is 5.73 Å². The van der Waals surface area contributed by atoms with Crippen LogP contribution >= 0.6 is 0 Å². The number of nitrogens with two attached hydrogens (primary N) is 1. The second-order valence-corrected chi connectivity index (χ2v) is 4.29. The molecular formula is C15H17N3O. The van der Waals surface area contributed by atoms with Crippen LogP contribution in [0.4, 0.5) is 5.82 Å². The van der Waals surface area contributed by atoms with Crippen LogP contribution in [-0.2, 0) is 6.42 Å². The molecule has 1 heterocycles. The summed E-state index contributed by atoms with van der Waals surface area (Å²) < 4.78 is 0. The van der Waals surface area contributed by atoms with Gasteiger partial charge in [-0.15, -0.1) is 0 Å². The largest absolute Gasteiger partial charge is 0.330 e. The summed E-state index contributed by atoms with van der Waals surface area (Å²) >= 11 is 0. The van der Waals surface area contributed by atoms with E-state index in [2.05, 4.69) is 4.98 Å². The van der Waals surface area contributed by atoms with Gasteiger partial charge in [0.2, 0.25) is 0 Å². The van der Waals surface area contributed by atoms with Crippen LogP contribution in [-0.4, -0.2) is 24.5 Å². The van der Waals surface area contributed by atoms with E-state index in [0.29, 0.717) is 17.9 Å². The quantitative estimate of drug-likeness (QED) is 0.907. The lowest BCUT2D eigenvalue weighted by Gasteiger charge is -2.16. The van der Waals surface area contributed by atoms with Gasteiger partial charge in [0.1, 0.15) is 5.82 Å². The normalized spacial score (nSPS) is 10.2. The van der Waals surface area contributed by atoms with Crippen LogP contribution in [0.5, 0.6) is 0 Å². The molecule has 0 fully saturated rings. The maximum Gasteiger partial charge on any atom is 0.259 e. The van der Waals surface area contributed by atoms with Crippen molar-refractivity contribution in [1.82, 2.24) is 4.98 Å². The van der Waals surface area contributed by atoms with Gasteiger partial charge in [-0.05, 0) is 42.8 Å². The topological polar surface area (TPSA) is 59.2 Å². The maximum absolute atomic E-state index is 12.3. The zero-order valence-corrected chi connectivity index (χ0v) is 10.9. The van der Waals surface area contributed by atoms with Gasteiger partial charge in [0, 0.05) is 18.8 Å². The van der Waals surface area contributed by atoms with Gasteiger partial charge in [-0.1, -0.05) is 18.2 Å². The zero-order chi connectivity index (χ0) is 13.7.